The first kappa shape index (κ1) is 18.2. The van der Waals surface area contributed by atoms with E-state index in [1.165, 1.54) is 6.07 Å². The molecule has 3 fully saturated rings. The lowest BCUT2D eigenvalue weighted by atomic mass is 9.82. The molecule has 3 heterocycles. The van der Waals surface area contributed by atoms with Gasteiger partial charge in [0.15, 0.2) is 0 Å². The molecule has 1 aliphatic carbocycles. The fraction of sp³-hybridized carbons (Fsp3) is 0.650. The molecule has 1 unspecified atom stereocenters. The van der Waals surface area contributed by atoms with Gasteiger partial charge < -0.3 is 19.9 Å². The second-order valence-electron chi connectivity index (χ2n) is 8.09. The van der Waals surface area contributed by atoms with E-state index in [1.807, 2.05) is 4.90 Å². The zero-order chi connectivity index (χ0) is 19.0. The minimum Gasteiger partial charge on any atom is -0.393 e. The van der Waals surface area contributed by atoms with Crippen LogP contribution in [0.5, 0.6) is 0 Å². The van der Waals surface area contributed by atoms with Crippen molar-refractivity contribution in [2.24, 2.45) is 0 Å². The number of hydrogen-bond donors (Lipinski definition) is 2. The zero-order valence-electron chi connectivity index (χ0n) is 15.5. The van der Waals surface area contributed by atoms with Crippen LogP contribution in [0.2, 0.25) is 0 Å². The van der Waals surface area contributed by atoms with Gasteiger partial charge in [-0.2, -0.15) is 0 Å². The summed E-state index contributed by atoms with van der Waals surface area (Å²) in [5, 5.41) is 9.77. The number of aliphatic hydroxyl groups excluding tert-OH is 1. The van der Waals surface area contributed by atoms with E-state index in [0.29, 0.717) is 19.4 Å². The molecule has 7 heteroatoms. The van der Waals surface area contributed by atoms with Gasteiger partial charge in [0.25, 0.3) is 5.91 Å². The first-order chi connectivity index (χ1) is 13.0. The molecule has 2 amide bonds. The molecule has 0 aromatic carbocycles. The Hall–Kier alpha value is -2.15. The topological polar surface area (TPSA) is 93.7 Å². The van der Waals surface area contributed by atoms with Crippen LogP contribution in [0, 0.1) is 0 Å². The number of carbonyl (C=O) groups excluding carboxylic acids is 2. The monoisotopic (exact) mass is 373 g/mol. The summed E-state index contributed by atoms with van der Waals surface area (Å²) < 4.78 is 0. The Labute approximate surface area is 158 Å². The molecule has 1 spiro atoms. The van der Waals surface area contributed by atoms with Gasteiger partial charge in [-0.05, 0) is 57.4 Å². The summed E-state index contributed by atoms with van der Waals surface area (Å²) in [5.74, 6) is -0.210. The second kappa shape index (κ2) is 7.11. The predicted molar refractivity (Wildman–Crippen MR) is 99.3 cm³/mol. The molecule has 3 aliphatic rings. The van der Waals surface area contributed by atoms with E-state index in [0.717, 1.165) is 45.1 Å². The normalized spacial score (nSPS) is 31.5. The maximum atomic E-state index is 13.5. The van der Waals surface area contributed by atoms with E-state index < -0.39 is 5.54 Å². The van der Waals surface area contributed by atoms with Crippen LogP contribution in [0.4, 0.5) is 0 Å². The summed E-state index contributed by atoms with van der Waals surface area (Å²) in [6.07, 6.45) is 5.89. The van der Waals surface area contributed by atoms with Gasteiger partial charge in [-0.3, -0.25) is 14.4 Å². The van der Waals surface area contributed by atoms with E-state index >= 15 is 0 Å². The lowest BCUT2D eigenvalue weighted by Gasteiger charge is -2.48. The van der Waals surface area contributed by atoms with Gasteiger partial charge in [0.2, 0.25) is 11.5 Å². The SMILES string of the molecule is O=C(c1cccc(=O)[nH]1)N1CCCC12CCCN(C1CCC(O)CC1)C2=O. The number of likely N-dealkylation sites (tertiary alicyclic amines) is 2. The number of pyridine rings is 1. The summed E-state index contributed by atoms with van der Waals surface area (Å²) >= 11 is 0. The van der Waals surface area contributed by atoms with Crippen molar-refractivity contribution in [1.29, 1.82) is 0 Å². The quantitative estimate of drug-likeness (QED) is 0.816. The van der Waals surface area contributed by atoms with Crippen LogP contribution in [-0.2, 0) is 4.79 Å². The van der Waals surface area contributed by atoms with Crippen LogP contribution >= 0.6 is 0 Å². The number of amides is 2. The molecular formula is C20H27N3O4. The van der Waals surface area contributed by atoms with E-state index in [2.05, 4.69) is 4.98 Å². The third-order valence-corrected chi connectivity index (χ3v) is 6.49. The third kappa shape index (κ3) is 3.18. The Morgan fingerprint density at radius 3 is 2.48 bits per heavy atom. The molecule has 2 N–H and O–H groups in total. The van der Waals surface area contributed by atoms with Crippen LogP contribution in [0.3, 0.4) is 0 Å². The fourth-order valence-electron chi connectivity index (χ4n) is 5.11. The van der Waals surface area contributed by atoms with Crippen LogP contribution in [0.25, 0.3) is 0 Å². The van der Waals surface area contributed by atoms with Crippen molar-refractivity contribution in [2.45, 2.75) is 69.1 Å². The zero-order valence-corrected chi connectivity index (χ0v) is 15.5. The Kier molecular flexibility index (Phi) is 4.80. The van der Waals surface area contributed by atoms with Gasteiger partial charge in [0.1, 0.15) is 11.2 Å². The predicted octanol–water partition coefficient (Wildman–Crippen LogP) is 1.28. The standard InChI is InChI=1S/C20H27N3O4/c24-15-8-6-14(7-9-15)22-12-2-10-20(19(22)27)11-3-13-23(20)18(26)16-4-1-5-17(25)21-16/h1,4-5,14-15,24H,2-3,6-13H2,(H,21,25). The number of piperidine rings is 1. The number of rotatable bonds is 2. The highest BCUT2D eigenvalue weighted by atomic mass is 16.3. The Morgan fingerprint density at radius 1 is 1.07 bits per heavy atom. The average Bonchev–Trinajstić information content (AvgIpc) is 3.09. The minimum absolute atomic E-state index is 0.0549. The van der Waals surface area contributed by atoms with E-state index in [-0.39, 0.29) is 35.2 Å². The van der Waals surface area contributed by atoms with Gasteiger partial charge in [-0.1, -0.05) is 6.07 Å². The van der Waals surface area contributed by atoms with E-state index in [1.54, 1.807) is 17.0 Å². The Morgan fingerprint density at radius 2 is 1.78 bits per heavy atom. The molecule has 146 valence electrons. The summed E-state index contributed by atoms with van der Waals surface area (Å²) in [5.41, 5.74) is -0.848. The number of aromatic amines is 1. The van der Waals surface area contributed by atoms with Crippen molar-refractivity contribution < 1.29 is 14.7 Å². The molecular weight excluding hydrogens is 346 g/mol. The number of hydrogen-bond acceptors (Lipinski definition) is 4. The summed E-state index contributed by atoms with van der Waals surface area (Å²) in [6, 6.07) is 4.70. The van der Waals surface area contributed by atoms with Gasteiger partial charge in [-0.15, -0.1) is 0 Å². The maximum absolute atomic E-state index is 13.5. The van der Waals surface area contributed by atoms with Crippen molar-refractivity contribution in [3.8, 4) is 0 Å². The highest BCUT2D eigenvalue weighted by Crippen LogP contribution is 2.40. The fourth-order valence-corrected chi connectivity index (χ4v) is 5.11. The first-order valence-corrected chi connectivity index (χ1v) is 10.0. The average molecular weight is 373 g/mol. The summed E-state index contributed by atoms with van der Waals surface area (Å²) in [4.78, 5) is 44.5. The van der Waals surface area contributed by atoms with Crippen LogP contribution < -0.4 is 5.56 Å². The molecule has 27 heavy (non-hydrogen) atoms. The smallest absolute Gasteiger partial charge is 0.271 e. The molecule has 1 aromatic heterocycles. The molecule has 1 aromatic rings. The summed E-state index contributed by atoms with van der Waals surface area (Å²) in [6.45, 7) is 1.27. The van der Waals surface area contributed by atoms with E-state index in [4.69, 9.17) is 0 Å². The van der Waals surface area contributed by atoms with Crippen molar-refractivity contribution in [3.05, 3.63) is 34.2 Å². The molecule has 1 atom stereocenters. The number of nitrogens with zero attached hydrogens (tertiary/aromatic N) is 2. The molecule has 2 aliphatic heterocycles. The number of H-pyrrole nitrogens is 1. The van der Waals surface area contributed by atoms with Crippen molar-refractivity contribution in [2.75, 3.05) is 13.1 Å². The number of aromatic nitrogens is 1. The largest absolute Gasteiger partial charge is 0.393 e. The summed E-state index contributed by atoms with van der Waals surface area (Å²) in [7, 11) is 0. The maximum Gasteiger partial charge on any atom is 0.271 e. The lowest BCUT2D eigenvalue weighted by Crippen LogP contribution is -2.63. The molecule has 2 saturated heterocycles. The minimum atomic E-state index is -0.780. The number of carbonyl (C=O) groups is 2. The van der Waals surface area contributed by atoms with Gasteiger partial charge in [-0.25, -0.2) is 0 Å². The Bertz CT molecular complexity index is 783. The van der Waals surface area contributed by atoms with Gasteiger partial charge in [0, 0.05) is 25.2 Å². The second-order valence-corrected chi connectivity index (χ2v) is 8.09. The molecule has 4 rings (SSSR count). The molecule has 7 nitrogen and oxygen atoms in total. The van der Waals surface area contributed by atoms with Gasteiger partial charge >= 0.3 is 0 Å². The van der Waals surface area contributed by atoms with Crippen molar-refractivity contribution in [3.63, 3.8) is 0 Å². The van der Waals surface area contributed by atoms with Crippen LogP contribution in [0.1, 0.15) is 61.9 Å². The first-order valence-electron chi connectivity index (χ1n) is 10.0. The van der Waals surface area contributed by atoms with E-state index in [9.17, 15) is 19.5 Å². The Balaban J connectivity index is 1.59. The highest BCUT2D eigenvalue weighted by molar-refractivity contribution is 5.99. The van der Waals surface area contributed by atoms with Crippen molar-refractivity contribution >= 4 is 11.8 Å². The molecule has 0 bridgehead atoms. The van der Waals surface area contributed by atoms with Crippen molar-refractivity contribution in [1.82, 2.24) is 14.8 Å². The number of aliphatic hydroxyl groups is 1. The molecule has 1 saturated carbocycles. The lowest BCUT2D eigenvalue weighted by molar-refractivity contribution is -0.149. The van der Waals surface area contributed by atoms with Gasteiger partial charge in [0.05, 0.1) is 6.10 Å². The van der Waals surface area contributed by atoms with Crippen LogP contribution in [-0.4, -0.2) is 62.5 Å². The molecule has 0 radical (unpaired) electrons. The number of nitrogens with one attached hydrogen (secondary N) is 1. The third-order valence-electron chi connectivity index (χ3n) is 6.49. The van der Waals surface area contributed by atoms with Crippen LogP contribution in [0.15, 0.2) is 23.0 Å². The highest BCUT2D eigenvalue weighted by Gasteiger charge is 2.54.